The number of nitrogens with zero attached hydrogens (tertiary/aromatic N) is 1. The Balaban J connectivity index is 2.01. The fraction of sp³-hybridized carbons (Fsp3) is 0.667. The molecule has 1 saturated carbocycles. The van der Waals surface area contributed by atoms with Gasteiger partial charge in [0.2, 0.25) is 0 Å². The Morgan fingerprint density at radius 2 is 2.26 bits per heavy atom. The fourth-order valence-electron chi connectivity index (χ4n) is 2.78. The number of hydrogen-bond acceptors (Lipinski definition) is 3. The number of pyridine rings is 1. The molecule has 1 heterocycles. The van der Waals surface area contributed by atoms with Gasteiger partial charge < -0.3 is 14.6 Å². The monoisotopic (exact) mass is 264 g/mol. The van der Waals surface area contributed by atoms with Crippen LogP contribution in [0, 0.1) is 5.92 Å². The maximum atomic E-state index is 11.7. The van der Waals surface area contributed by atoms with E-state index in [1.54, 1.807) is 17.7 Å². The Hall–Kier alpha value is -1.29. The van der Waals surface area contributed by atoms with E-state index in [-0.39, 0.29) is 5.56 Å². The summed E-state index contributed by atoms with van der Waals surface area (Å²) in [5.74, 6) is 0.797. The Morgan fingerprint density at radius 1 is 1.42 bits per heavy atom. The van der Waals surface area contributed by atoms with E-state index in [1.807, 2.05) is 12.3 Å². The predicted octanol–water partition coefficient (Wildman–Crippen LogP) is 2.49. The lowest BCUT2D eigenvalue weighted by molar-refractivity contribution is 0.186. The number of rotatable bonds is 5. The summed E-state index contributed by atoms with van der Waals surface area (Å²) in [5, 5.41) is 3.55. The number of nitrogens with one attached hydrogen (secondary N) is 1. The van der Waals surface area contributed by atoms with Crippen molar-refractivity contribution in [3.8, 4) is 0 Å². The van der Waals surface area contributed by atoms with Gasteiger partial charge in [0.05, 0.1) is 12.3 Å². The van der Waals surface area contributed by atoms with Gasteiger partial charge in [0, 0.05) is 32.0 Å². The molecule has 1 N–H and O–H groups in total. The minimum Gasteiger partial charge on any atom is -0.383 e. The van der Waals surface area contributed by atoms with Crippen LogP contribution in [0.15, 0.2) is 23.1 Å². The van der Waals surface area contributed by atoms with Gasteiger partial charge >= 0.3 is 0 Å². The van der Waals surface area contributed by atoms with E-state index in [0.717, 1.165) is 11.6 Å². The zero-order chi connectivity index (χ0) is 13.7. The van der Waals surface area contributed by atoms with E-state index in [0.29, 0.717) is 19.2 Å². The zero-order valence-corrected chi connectivity index (χ0v) is 11.9. The van der Waals surface area contributed by atoms with Crippen LogP contribution in [-0.2, 0) is 11.3 Å². The van der Waals surface area contributed by atoms with Crippen LogP contribution >= 0.6 is 0 Å². The van der Waals surface area contributed by atoms with Crippen LogP contribution in [-0.4, -0.2) is 24.3 Å². The minimum atomic E-state index is 0.0274. The van der Waals surface area contributed by atoms with Gasteiger partial charge in [0.15, 0.2) is 0 Å². The molecule has 0 saturated heterocycles. The molecule has 0 bridgehead atoms. The molecular formula is C15H24N2O2. The Labute approximate surface area is 114 Å². The molecule has 1 aliphatic carbocycles. The van der Waals surface area contributed by atoms with E-state index in [1.165, 1.54) is 25.7 Å². The molecule has 0 spiro atoms. The van der Waals surface area contributed by atoms with Gasteiger partial charge in [-0.25, -0.2) is 0 Å². The number of hydrogen-bond donors (Lipinski definition) is 1. The fourth-order valence-corrected chi connectivity index (χ4v) is 2.78. The van der Waals surface area contributed by atoms with Crippen molar-refractivity contribution in [3.05, 3.63) is 28.7 Å². The first kappa shape index (κ1) is 14.1. The molecule has 4 nitrogen and oxygen atoms in total. The van der Waals surface area contributed by atoms with E-state index in [2.05, 4.69) is 12.2 Å². The average Bonchev–Trinajstić information content (AvgIpc) is 2.39. The summed E-state index contributed by atoms with van der Waals surface area (Å²) in [7, 11) is 1.65. The number of methoxy groups -OCH3 is 1. The Bertz CT molecular complexity index is 456. The molecule has 1 fully saturated rings. The summed E-state index contributed by atoms with van der Waals surface area (Å²) in [6.45, 7) is 3.48. The standard InChI is InChI=1S/C15H24N2O2/c1-12-4-3-5-13(10-12)16-14-6-7-15(18)17(11-14)8-9-19-2/h6-7,11-13,16H,3-5,8-10H2,1-2H3. The Kier molecular flexibility index (Phi) is 5.02. The van der Waals surface area contributed by atoms with Crippen LogP contribution in [0.5, 0.6) is 0 Å². The third-order valence-electron chi connectivity index (χ3n) is 3.83. The van der Waals surface area contributed by atoms with Gasteiger partial charge in [0.1, 0.15) is 0 Å². The van der Waals surface area contributed by atoms with Crippen molar-refractivity contribution in [1.82, 2.24) is 4.57 Å². The van der Waals surface area contributed by atoms with Gasteiger partial charge in [-0.1, -0.05) is 19.8 Å². The summed E-state index contributed by atoms with van der Waals surface area (Å²) >= 11 is 0. The predicted molar refractivity (Wildman–Crippen MR) is 77.6 cm³/mol. The highest BCUT2D eigenvalue weighted by molar-refractivity contribution is 5.41. The van der Waals surface area contributed by atoms with Crippen LogP contribution in [0.4, 0.5) is 5.69 Å². The summed E-state index contributed by atoms with van der Waals surface area (Å²) in [6, 6.07) is 4.05. The van der Waals surface area contributed by atoms with E-state index in [9.17, 15) is 4.79 Å². The van der Waals surface area contributed by atoms with Crippen LogP contribution < -0.4 is 10.9 Å². The van der Waals surface area contributed by atoms with Gasteiger partial charge in [0.25, 0.3) is 5.56 Å². The molecule has 1 aliphatic rings. The van der Waals surface area contributed by atoms with Crippen molar-refractivity contribution in [2.75, 3.05) is 19.0 Å². The van der Waals surface area contributed by atoms with Crippen molar-refractivity contribution in [2.45, 2.75) is 45.2 Å². The second kappa shape index (κ2) is 6.75. The molecule has 4 heteroatoms. The molecular weight excluding hydrogens is 240 g/mol. The van der Waals surface area contributed by atoms with Crippen LogP contribution in [0.3, 0.4) is 0 Å². The van der Waals surface area contributed by atoms with Crippen molar-refractivity contribution in [3.63, 3.8) is 0 Å². The molecule has 0 radical (unpaired) electrons. The van der Waals surface area contributed by atoms with Gasteiger partial charge in [-0.3, -0.25) is 4.79 Å². The van der Waals surface area contributed by atoms with Gasteiger partial charge in [-0.15, -0.1) is 0 Å². The molecule has 2 unspecified atom stereocenters. The summed E-state index contributed by atoms with van der Waals surface area (Å²) in [6.07, 6.45) is 6.98. The smallest absolute Gasteiger partial charge is 0.250 e. The highest BCUT2D eigenvalue weighted by atomic mass is 16.5. The first-order chi connectivity index (χ1) is 9.19. The SMILES string of the molecule is COCCn1cc(NC2CCCC(C)C2)ccc1=O. The molecule has 2 rings (SSSR count). The summed E-state index contributed by atoms with van der Waals surface area (Å²) in [4.78, 5) is 11.7. The quantitative estimate of drug-likeness (QED) is 0.888. The molecule has 0 aliphatic heterocycles. The van der Waals surface area contributed by atoms with E-state index >= 15 is 0 Å². The largest absolute Gasteiger partial charge is 0.383 e. The molecule has 2 atom stereocenters. The Morgan fingerprint density at radius 3 is 3.00 bits per heavy atom. The second-order valence-corrected chi connectivity index (χ2v) is 5.56. The van der Waals surface area contributed by atoms with Crippen molar-refractivity contribution >= 4 is 5.69 Å². The van der Waals surface area contributed by atoms with Crippen molar-refractivity contribution in [1.29, 1.82) is 0 Å². The number of aromatic nitrogens is 1. The molecule has 0 amide bonds. The second-order valence-electron chi connectivity index (χ2n) is 5.56. The third-order valence-corrected chi connectivity index (χ3v) is 3.83. The maximum Gasteiger partial charge on any atom is 0.250 e. The first-order valence-corrected chi connectivity index (χ1v) is 7.15. The molecule has 1 aromatic heterocycles. The lowest BCUT2D eigenvalue weighted by Crippen LogP contribution is -2.27. The number of anilines is 1. The van der Waals surface area contributed by atoms with Crippen LogP contribution in [0.2, 0.25) is 0 Å². The van der Waals surface area contributed by atoms with E-state index in [4.69, 9.17) is 4.74 Å². The van der Waals surface area contributed by atoms with Crippen molar-refractivity contribution in [2.24, 2.45) is 5.92 Å². The van der Waals surface area contributed by atoms with Crippen molar-refractivity contribution < 1.29 is 4.74 Å². The van der Waals surface area contributed by atoms with Gasteiger partial charge in [-0.05, 0) is 24.8 Å². The summed E-state index contributed by atoms with van der Waals surface area (Å²) < 4.78 is 6.73. The number of ether oxygens (including phenoxy) is 1. The normalized spacial score (nSPS) is 23.3. The lowest BCUT2D eigenvalue weighted by Gasteiger charge is -2.28. The minimum absolute atomic E-state index is 0.0274. The van der Waals surface area contributed by atoms with Crippen LogP contribution in [0.1, 0.15) is 32.6 Å². The molecule has 19 heavy (non-hydrogen) atoms. The average molecular weight is 264 g/mol. The highest BCUT2D eigenvalue weighted by Crippen LogP contribution is 2.25. The lowest BCUT2D eigenvalue weighted by atomic mass is 9.87. The molecule has 1 aromatic rings. The zero-order valence-electron chi connectivity index (χ0n) is 11.9. The van der Waals surface area contributed by atoms with Gasteiger partial charge in [-0.2, -0.15) is 0 Å². The van der Waals surface area contributed by atoms with Crippen LogP contribution in [0.25, 0.3) is 0 Å². The molecule has 106 valence electrons. The molecule has 0 aromatic carbocycles. The summed E-state index contributed by atoms with van der Waals surface area (Å²) in [5.41, 5.74) is 1.06. The first-order valence-electron chi connectivity index (χ1n) is 7.15. The topological polar surface area (TPSA) is 43.3 Å². The maximum absolute atomic E-state index is 11.7. The third kappa shape index (κ3) is 4.10. The highest BCUT2D eigenvalue weighted by Gasteiger charge is 2.18. The van der Waals surface area contributed by atoms with E-state index < -0.39 is 0 Å².